The standard InChI is InChI=1S/C15H18N4O3/c20-14-12-3-1-2-4-13(12)16-17-19(14)11-18-7-5-15(6-8-18)21-9-10-22-15/h1-4H,5-11H2. The number of nitrogens with zero attached hydrogens (tertiary/aromatic N) is 4. The highest BCUT2D eigenvalue weighted by Gasteiger charge is 2.39. The van der Waals surface area contributed by atoms with Crippen LogP contribution in [0.5, 0.6) is 0 Å². The zero-order valence-corrected chi connectivity index (χ0v) is 12.3. The van der Waals surface area contributed by atoms with Crippen LogP contribution in [-0.2, 0) is 16.1 Å². The predicted octanol–water partition coefficient (Wildman–Crippen LogP) is 0.588. The maximum absolute atomic E-state index is 12.4. The monoisotopic (exact) mass is 302 g/mol. The Morgan fingerprint density at radius 2 is 1.86 bits per heavy atom. The van der Waals surface area contributed by atoms with Crippen molar-refractivity contribution in [3.8, 4) is 0 Å². The molecule has 1 aromatic heterocycles. The van der Waals surface area contributed by atoms with Crippen LogP contribution in [0, 0.1) is 0 Å². The summed E-state index contributed by atoms with van der Waals surface area (Å²) in [5.74, 6) is -0.392. The van der Waals surface area contributed by atoms with Crippen LogP contribution >= 0.6 is 0 Å². The van der Waals surface area contributed by atoms with Crippen LogP contribution in [0.2, 0.25) is 0 Å². The van der Waals surface area contributed by atoms with E-state index < -0.39 is 5.79 Å². The van der Waals surface area contributed by atoms with E-state index in [1.54, 1.807) is 12.1 Å². The van der Waals surface area contributed by atoms with Crippen molar-refractivity contribution in [2.24, 2.45) is 0 Å². The van der Waals surface area contributed by atoms with Crippen molar-refractivity contribution >= 4 is 10.9 Å². The summed E-state index contributed by atoms with van der Waals surface area (Å²) in [7, 11) is 0. The van der Waals surface area contributed by atoms with Crippen LogP contribution < -0.4 is 5.56 Å². The number of rotatable bonds is 2. The van der Waals surface area contributed by atoms with Crippen LogP contribution in [0.15, 0.2) is 29.1 Å². The van der Waals surface area contributed by atoms with Gasteiger partial charge >= 0.3 is 0 Å². The molecule has 7 heteroatoms. The topological polar surface area (TPSA) is 69.5 Å². The Bertz CT molecular complexity index is 729. The summed E-state index contributed by atoms with van der Waals surface area (Å²) in [5, 5.41) is 8.76. The average Bonchev–Trinajstić information content (AvgIpc) is 3.01. The molecule has 0 atom stereocenters. The molecule has 0 aliphatic carbocycles. The van der Waals surface area contributed by atoms with Crippen molar-refractivity contribution in [1.29, 1.82) is 0 Å². The first-order chi connectivity index (χ1) is 10.8. The van der Waals surface area contributed by atoms with E-state index in [0.717, 1.165) is 25.9 Å². The number of ether oxygens (including phenoxy) is 2. The zero-order valence-electron chi connectivity index (χ0n) is 12.3. The fraction of sp³-hybridized carbons (Fsp3) is 0.533. The summed E-state index contributed by atoms with van der Waals surface area (Å²) in [6.45, 7) is 3.44. The molecule has 2 aliphatic heterocycles. The molecule has 22 heavy (non-hydrogen) atoms. The first-order valence-corrected chi connectivity index (χ1v) is 7.59. The van der Waals surface area contributed by atoms with Crippen molar-refractivity contribution in [2.45, 2.75) is 25.3 Å². The summed E-state index contributed by atoms with van der Waals surface area (Å²) in [6, 6.07) is 7.28. The lowest BCUT2D eigenvalue weighted by Gasteiger charge is -2.37. The first-order valence-electron chi connectivity index (χ1n) is 7.59. The lowest BCUT2D eigenvalue weighted by Crippen LogP contribution is -2.46. The van der Waals surface area contributed by atoms with Crippen molar-refractivity contribution in [1.82, 2.24) is 19.9 Å². The van der Waals surface area contributed by atoms with E-state index in [2.05, 4.69) is 15.2 Å². The number of hydrogen-bond donors (Lipinski definition) is 0. The lowest BCUT2D eigenvalue weighted by atomic mass is 10.0. The molecule has 0 unspecified atom stereocenters. The van der Waals surface area contributed by atoms with E-state index in [1.165, 1.54) is 4.68 Å². The van der Waals surface area contributed by atoms with Gasteiger partial charge in [0.1, 0.15) is 5.52 Å². The second-order valence-electron chi connectivity index (χ2n) is 5.78. The van der Waals surface area contributed by atoms with Gasteiger partial charge in [0.05, 0.1) is 25.3 Å². The number of piperidine rings is 1. The molecule has 3 heterocycles. The molecule has 0 saturated carbocycles. The number of fused-ring (bicyclic) bond motifs is 1. The normalized spacial score (nSPS) is 21.6. The maximum atomic E-state index is 12.4. The van der Waals surface area contributed by atoms with E-state index >= 15 is 0 Å². The highest BCUT2D eigenvalue weighted by Crippen LogP contribution is 2.31. The largest absolute Gasteiger partial charge is 0.347 e. The van der Waals surface area contributed by atoms with Crippen LogP contribution in [0.25, 0.3) is 10.9 Å². The van der Waals surface area contributed by atoms with Crippen molar-refractivity contribution < 1.29 is 9.47 Å². The van der Waals surface area contributed by atoms with Crippen LogP contribution in [0.3, 0.4) is 0 Å². The van der Waals surface area contributed by atoms with E-state index in [0.29, 0.717) is 30.8 Å². The number of benzene rings is 1. The van der Waals surface area contributed by atoms with Gasteiger partial charge in [-0.25, -0.2) is 0 Å². The van der Waals surface area contributed by atoms with Gasteiger partial charge in [-0.1, -0.05) is 17.3 Å². The van der Waals surface area contributed by atoms with Gasteiger partial charge in [-0.2, -0.15) is 4.68 Å². The molecule has 116 valence electrons. The Labute approximate surface area is 127 Å². The second kappa shape index (κ2) is 5.42. The third kappa shape index (κ3) is 2.41. The van der Waals surface area contributed by atoms with Gasteiger partial charge in [0.2, 0.25) is 0 Å². The number of likely N-dealkylation sites (tertiary alicyclic amines) is 1. The Morgan fingerprint density at radius 1 is 1.14 bits per heavy atom. The molecule has 2 saturated heterocycles. The van der Waals surface area contributed by atoms with Gasteiger partial charge in [-0.15, -0.1) is 5.10 Å². The van der Waals surface area contributed by atoms with E-state index in [9.17, 15) is 4.79 Å². The van der Waals surface area contributed by atoms with E-state index in [-0.39, 0.29) is 5.56 Å². The minimum atomic E-state index is -0.392. The Morgan fingerprint density at radius 3 is 2.64 bits per heavy atom. The summed E-state index contributed by atoms with van der Waals surface area (Å²) in [5.41, 5.74) is 0.536. The van der Waals surface area contributed by atoms with Gasteiger partial charge in [-0.3, -0.25) is 9.69 Å². The Balaban J connectivity index is 1.50. The van der Waals surface area contributed by atoms with Gasteiger partial charge in [0, 0.05) is 25.9 Å². The van der Waals surface area contributed by atoms with Crippen LogP contribution in [-0.4, -0.2) is 52.0 Å². The molecule has 1 spiro atoms. The fourth-order valence-electron chi connectivity index (χ4n) is 3.13. The molecule has 0 bridgehead atoms. The van der Waals surface area contributed by atoms with Crippen molar-refractivity contribution in [3.05, 3.63) is 34.6 Å². The van der Waals surface area contributed by atoms with Gasteiger partial charge in [-0.05, 0) is 12.1 Å². The molecule has 0 radical (unpaired) electrons. The van der Waals surface area contributed by atoms with Crippen molar-refractivity contribution in [2.75, 3.05) is 26.3 Å². The predicted molar refractivity (Wildman–Crippen MR) is 79.2 cm³/mol. The molecule has 2 aliphatic rings. The molecule has 4 rings (SSSR count). The summed E-state index contributed by atoms with van der Waals surface area (Å²) < 4.78 is 12.9. The lowest BCUT2D eigenvalue weighted by molar-refractivity contribution is -0.187. The Kier molecular flexibility index (Phi) is 3.40. The zero-order chi connectivity index (χ0) is 15.0. The van der Waals surface area contributed by atoms with Crippen molar-refractivity contribution in [3.63, 3.8) is 0 Å². The highest BCUT2D eigenvalue weighted by molar-refractivity contribution is 5.76. The molecular weight excluding hydrogens is 284 g/mol. The summed E-state index contributed by atoms with van der Waals surface area (Å²) in [4.78, 5) is 14.6. The summed E-state index contributed by atoms with van der Waals surface area (Å²) >= 11 is 0. The molecule has 0 amide bonds. The van der Waals surface area contributed by atoms with Crippen LogP contribution in [0.4, 0.5) is 0 Å². The minimum Gasteiger partial charge on any atom is -0.347 e. The van der Waals surface area contributed by atoms with Gasteiger partial charge in [0.25, 0.3) is 5.56 Å². The first kappa shape index (κ1) is 13.8. The SMILES string of the molecule is O=c1c2ccccc2nnn1CN1CCC2(CC1)OCCO2. The Hall–Kier alpha value is -1.83. The smallest absolute Gasteiger partial charge is 0.278 e. The quantitative estimate of drug-likeness (QED) is 0.808. The number of aromatic nitrogens is 3. The second-order valence-corrected chi connectivity index (χ2v) is 5.78. The molecule has 2 fully saturated rings. The third-order valence-electron chi connectivity index (χ3n) is 4.39. The molecule has 0 N–H and O–H groups in total. The molecule has 7 nitrogen and oxygen atoms in total. The number of hydrogen-bond acceptors (Lipinski definition) is 6. The third-order valence-corrected chi connectivity index (χ3v) is 4.39. The van der Waals surface area contributed by atoms with Gasteiger partial charge in [0.15, 0.2) is 5.79 Å². The van der Waals surface area contributed by atoms with Crippen LogP contribution in [0.1, 0.15) is 12.8 Å². The van der Waals surface area contributed by atoms with Gasteiger partial charge < -0.3 is 9.47 Å². The maximum Gasteiger partial charge on any atom is 0.278 e. The van der Waals surface area contributed by atoms with E-state index in [1.807, 2.05) is 12.1 Å². The highest BCUT2D eigenvalue weighted by atomic mass is 16.7. The summed E-state index contributed by atoms with van der Waals surface area (Å²) in [6.07, 6.45) is 1.64. The molecule has 2 aromatic rings. The molecule has 1 aromatic carbocycles. The average molecular weight is 302 g/mol. The van der Waals surface area contributed by atoms with E-state index in [4.69, 9.17) is 9.47 Å². The fourth-order valence-corrected chi connectivity index (χ4v) is 3.13. The minimum absolute atomic E-state index is 0.0979. The molecular formula is C15H18N4O3.